The zero-order chi connectivity index (χ0) is 17.5. The van der Waals surface area contributed by atoms with E-state index >= 15 is 0 Å². The van der Waals surface area contributed by atoms with Gasteiger partial charge in [0, 0.05) is 25.2 Å². The predicted octanol–water partition coefficient (Wildman–Crippen LogP) is 4.23. The number of β-amino-alcohol motifs (C(OH)–C–C–N with tert-alkyl or cyclic N) is 1. The number of piperidine rings is 1. The highest BCUT2D eigenvalue weighted by Gasteiger charge is 2.61. The quantitative estimate of drug-likeness (QED) is 0.787. The number of aliphatic hydroxyl groups is 1. The molecule has 0 amide bonds. The van der Waals surface area contributed by atoms with E-state index in [2.05, 4.69) is 39.5 Å². The third kappa shape index (κ3) is 3.17. The topological polar surface area (TPSA) is 32.7 Å². The standard InChI is InChI=1S/C21H39NO2/c1-15-7-6-8-16(2)22(15)14-18(23)10-12-24-19-13-17-9-11-21(19,5)20(17,3)4/h15-19,23H,6-14H2,1-5H3/t15-,16-,17+,18-,19-,21+/m1/s1. The minimum absolute atomic E-state index is 0.257. The van der Waals surface area contributed by atoms with Crippen LogP contribution in [0.15, 0.2) is 0 Å². The number of fused-ring (bicyclic) bond motifs is 2. The summed E-state index contributed by atoms with van der Waals surface area (Å²) in [6, 6.07) is 1.21. The summed E-state index contributed by atoms with van der Waals surface area (Å²) in [5.74, 6) is 0.826. The SMILES string of the molecule is C[C@@H]1CCC[C@@H](C)N1C[C@H](O)CCO[C@@H]1C[C@@H]2CC[C@]1(C)C2(C)C. The normalized spacial score (nSPS) is 43.2. The molecule has 2 bridgehead atoms. The number of aliphatic hydroxyl groups excluding tert-OH is 1. The number of likely N-dealkylation sites (tertiary alicyclic amines) is 1. The summed E-state index contributed by atoms with van der Waals surface area (Å²) in [4.78, 5) is 2.50. The molecule has 3 fully saturated rings. The molecule has 0 radical (unpaired) electrons. The van der Waals surface area contributed by atoms with Gasteiger partial charge in [-0.25, -0.2) is 0 Å². The van der Waals surface area contributed by atoms with E-state index in [1.165, 1.54) is 38.5 Å². The van der Waals surface area contributed by atoms with Gasteiger partial charge < -0.3 is 9.84 Å². The zero-order valence-electron chi connectivity index (χ0n) is 16.6. The molecule has 0 spiro atoms. The van der Waals surface area contributed by atoms with Crippen LogP contribution in [0.2, 0.25) is 0 Å². The first-order chi connectivity index (χ1) is 11.3. The van der Waals surface area contributed by atoms with Crippen LogP contribution in [0, 0.1) is 16.7 Å². The van der Waals surface area contributed by atoms with E-state index in [4.69, 9.17) is 4.74 Å². The van der Waals surface area contributed by atoms with Crippen molar-refractivity contribution in [2.24, 2.45) is 16.7 Å². The van der Waals surface area contributed by atoms with Gasteiger partial charge in [0.25, 0.3) is 0 Å². The Morgan fingerprint density at radius 3 is 2.33 bits per heavy atom. The first-order valence-corrected chi connectivity index (χ1v) is 10.3. The van der Waals surface area contributed by atoms with Crippen LogP contribution < -0.4 is 0 Å². The molecular formula is C21H39NO2. The third-order valence-corrected chi connectivity index (χ3v) is 8.28. The molecule has 24 heavy (non-hydrogen) atoms. The monoisotopic (exact) mass is 337 g/mol. The van der Waals surface area contributed by atoms with Crippen molar-refractivity contribution in [1.29, 1.82) is 0 Å². The number of ether oxygens (including phenoxy) is 1. The van der Waals surface area contributed by atoms with Crippen LogP contribution in [0.1, 0.15) is 79.6 Å². The van der Waals surface area contributed by atoms with Crippen LogP contribution >= 0.6 is 0 Å². The molecule has 3 aliphatic rings. The van der Waals surface area contributed by atoms with Crippen LogP contribution in [0.3, 0.4) is 0 Å². The van der Waals surface area contributed by atoms with E-state index < -0.39 is 0 Å². The van der Waals surface area contributed by atoms with E-state index in [-0.39, 0.29) is 6.10 Å². The van der Waals surface area contributed by atoms with Crippen molar-refractivity contribution in [1.82, 2.24) is 4.90 Å². The average Bonchev–Trinajstić information content (AvgIpc) is 2.84. The molecule has 2 aliphatic carbocycles. The molecule has 0 unspecified atom stereocenters. The molecule has 1 aliphatic heterocycles. The molecular weight excluding hydrogens is 298 g/mol. The van der Waals surface area contributed by atoms with Gasteiger partial charge >= 0.3 is 0 Å². The van der Waals surface area contributed by atoms with Gasteiger partial charge in [0.05, 0.1) is 12.2 Å². The van der Waals surface area contributed by atoms with Crippen LogP contribution in [-0.4, -0.2) is 47.4 Å². The highest BCUT2D eigenvalue weighted by atomic mass is 16.5. The number of hydrogen-bond donors (Lipinski definition) is 1. The fourth-order valence-electron chi connectivity index (χ4n) is 5.90. The van der Waals surface area contributed by atoms with Crippen molar-refractivity contribution in [3.05, 3.63) is 0 Å². The van der Waals surface area contributed by atoms with Crippen molar-refractivity contribution in [2.75, 3.05) is 13.2 Å². The summed E-state index contributed by atoms with van der Waals surface area (Å²) in [6.45, 7) is 13.4. The second-order valence-corrected chi connectivity index (χ2v) is 9.74. The fraction of sp³-hybridized carbons (Fsp3) is 1.00. The number of hydrogen-bond acceptors (Lipinski definition) is 3. The molecule has 6 atom stereocenters. The number of rotatable bonds is 6. The maximum Gasteiger partial charge on any atom is 0.0689 e. The molecule has 3 nitrogen and oxygen atoms in total. The summed E-state index contributed by atoms with van der Waals surface area (Å²) < 4.78 is 6.31. The van der Waals surface area contributed by atoms with Gasteiger partial charge in [-0.3, -0.25) is 4.90 Å². The smallest absolute Gasteiger partial charge is 0.0689 e. The van der Waals surface area contributed by atoms with Gasteiger partial charge in [0.1, 0.15) is 0 Å². The van der Waals surface area contributed by atoms with Gasteiger partial charge in [0.2, 0.25) is 0 Å². The number of nitrogens with zero attached hydrogens (tertiary/aromatic N) is 1. The van der Waals surface area contributed by atoms with Gasteiger partial charge in [-0.05, 0) is 69.1 Å². The van der Waals surface area contributed by atoms with Gasteiger partial charge in [0.15, 0.2) is 0 Å². The molecule has 0 aromatic heterocycles. The van der Waals surface area contributed by atoms with E-state index in [0.717, 1.165) is 18.9 Å². The first kappa shape index (κ1) is 18.7. The van der Waals surface area contributed by atoms with Crippen LogP contribution in [0.5, 0.6) is 0 Å². The summed E-state index contributed by atoms with van der Waals surface area (Å²) in [6.07, 6.45) is 8.67. The van der Waals surface area contributed by atoms with E-state index in [9.17, 15) is 5.11 Å². The van der Waals surface area contributed by atoms with Gasteiger partial charge in [-0.1, -0.05) is 27.2 Å². The van der Waals surface area contributed by atoms with E-state index in [1.54, 1.807) is 0 Å². The molecule has 3 heteroatoms. The Kier molecular flexibility index (Phi) is 5.36. The van der Waals surface area contributed by atoms with Crippen molar-refractivity contribution < 1.29 is 9.84 Å². The summed E-state index contributed by atoms with van der Waals surface area (Å²) in [5, 5.41) is 10.5. The lowest BCUT2D eigenvalue weighted by molar-refractivity contribution is -0.0587. The highest BCUT2D eigenvalue weighted by molar-refractivity contribution is 5.11. The molecule has 3 rings (SSSR count). The Morgan fingerprint density at radius 1 is 1.12 bits per heavy atom. The zero-order valence-corrected chi connectivity index (χ0v) is 16.6. The molecule has 0 aromatic carbocycles. The molecule has 2 saturated carbocycles. The minimum atomic E-state index is -0.257. The van der Waals surface area contributed by atoms with Crippen molar-refractivity contribution in [3.8, 4) is 0 Å². The average molecular weight is 338 g/mol. The third-order valence-electron chi connectivity index (χ3n) is 8.28. The van der Waals surface area contributed by atoms with E-state index in [0.29, 0.717) is 35.6 Å². The van der Waals surface area contributed by atoms with Gasteiger partial charge in [-0.2, -0.15) is 0 Å². The lowest BCUT2D eigenvalue weighted by Gasteiger charge is -2.40. The summed E-state index contributed by atoms with van der Waals surface area (Å²) in [5.41, 5.74) is 0.744. The molecule has 1 N–H and O–H groups in total. The Labute approximate surface area is 149 Å². The van der Waals surface area contributed by atoms with Crippen molar-refractivity contribution >= 4 is 0 Å². The Bertz CT molecular complexity index is 428. The Balaban J connectivity index is 1.44. The van der Waals surface area contributed by atoms with Gasteiger partial charge in [-0.15, -0.1) is 0 Å². The van der Waals surface area contributed by atoms with Crippen molar-refractivity contribution in [3.63, 3.8) is 0 Å². The predicted molar refractivity (Wildman–Crippen MR) is 99.1 cm³/mol. The van der Waals surface area contributed by atoms with Crippen LogP contribution in [0.25, 0.3) is 0 Å². The first-order valence-electron chi connectivity index (χ1n) is 10.3. The van der Waals surface area contributed by atoms with Crippen LogP contribution in [-0.2, 0) is 4.74 Å². The summed E-state index contributed by atoms with van der Waals surface area (Å²) in [7, 11) is 0. The summed E-state index contributed by atoms with van der Waals surface area (Å²) >= 11 is 0. The maximum atomic E-state index is 10.5. The second-order valence-electron chi connectivity index (χ2n) is 9.74. The largest absolute Gasteiger partial charge is 0.392 e. The molecule has 1 saturated heterocycles. The van der Waals surface area contributed by atoms with Crippen molar-refractivity contribution in [2.45, 2.75) is 104 Å². The molecule has 1 heterocycles. The van der Waals surface area contributed by atoms with Crippen LogP contribution in [0.4, 0.5) is 0 Å². The maximum absolute atomic E-state index is 10.5. The minimum Gasteiger partial charge on any atom is -0.392 e. The lowest BCUT2D eigenvalue weighted by Crippen LogP contribution is -2.47. The second kappa shape index (κ2) is 6.89. The molecule has 140 valence electrons. The fourth-order valence-corrected chi connectivity index (χ4v) is 5.90. The highest BCUT2D eigenvalue weighted by Crippen LogP contribution is 2.66. The lowest BCUT2D eigenvalue weighted by atomic mass is 9.70. The Hall–Kier alpha value is -0.120. The Morgan fingerprint density at radius 2 is 1.79 bits per heavy atom. The van der Waals surface area contributed by atoms with E-state index in [1.807, 2.05) is 0 Å². The molecule has 0 aromatic rings.